The monoisotopic (exact) mass is 530 g/mol. The van der Waals surface area contributed by atoms with E-state index in [0.717, 1.165) is 18.2 Å². The fourth-order valence-corrected chi connectivity index (χ4v) is 3.57. The zero-order chi connectivity index (χ0) is 25.6. The van der Waals surface area contributed by atoms with Crippen LogP contribution in [0.15, 0.2) is 36.4 Å². The van der Waals surface area contributed by atoms with Crippen LogP contribution in [0.1, 0.15) is 12.0 Å². The van der Waals surface area contributed by atoms with Gasteiger partial charge in [0.25, 0.3) is 0 Å². The molecule has 3 rings (SSSR count). The maximum atomic E-state index is 12.8. The number of morpholine rings is 1. The van der Waals surface area contributed by atoms with Crippen LogP contribution in [0, 0.1) is 17.2 Å². The van der Waals surface area contributed by atoms with E-state index in [1.165, 1.54) is 23.1 Å². The molecule has 0 N–H and O–H groups in total. The summed E-state index contributed by atoms with van der Waals surface area (Å²) < 4.78 is 54.7. The Kier molecular flexibility index (Phi) is 8.83. The van der Waals surface area contributed by atoms with Gasteiger partial charge in [0.2, 0.25) is 5.91 Å². The summed E-state index contributed by atoms with van der Waals surface area (Å²) in [5.74, 6) is -2.31. The van der Waals surface area contributed by atoms with Crippen molar-refractivity contribution in [3.63, 3.8) is 0 Å². The average Bonchev–Trinajstić information content (AvgIpc) is 2.82. The van der Waals surface area contributed by atoms with Crippen molar-refractivity contribution in [3.05, 3.63) is 52.0 Å². The number of nitrogens with zero attached hydrogens (tertiary/aromatic N) is 2. The molecule has 1 aliphatic heterocycles. The number of ketones is 1. The van der Waals surface area contributed by atoms with Crippen LogP contribution in [0.3, 0.4) is 0 Å². The molecule has 1 aliphatic rings. The normalized spacial score (nSPS) is 14.7. The first-order valence-corrected chi connectivity index (χ1v) is 11.1. The van der Waals surface area contributed by atoms with Crippen molar-refractivity contribution in [2.75, 3.05) is 32.9 Å². The highest BCUT2D eigenvalue weighted by atomic mass is 35.5. The molecule has 0 bridgehead atoms. The number of amides is 1. The lowest BCUT2D eigenvalue weighted by Crippen LogP contribution is -2.45. The van der Waals surface area contributed by atoms with Gasteiger partial charge < -0.3 is 19.1 Å². The number of alkyl halides is 3. The molecule has 12 heteroatoms. The Labute approximate surface area is 208 Å². The van der Waals surface area contributed by atoms with Crippen molar-refractivity contribution in [1.29, 1.82) is 5.26 Å². The number of rotatable bonds is 8. The van der Waals surface area contributed by atoms with Crippen molar-refractivity contribution in [3.8, 4) is 23.3 Å². The highest BCUT2D eigenvalue weighted by molar-refractivity contribution is 6.32. The molecule has 0 aliphatic carbocycles. The number of Topliss-reactive ketones (excluding diaryl/α,β-unsaturated/α-hetero) is 1. The van der Waals surface area contributed by atoms with E-state index in [1.807, 2.05) is 0 Å². The molecule has 1 unspecified atom stereocenters. The van der Waals surface area contributed by atoms with Gasteiger partial charge in [-0.1, -0.05) is 23.2 Å². The standard InChI is InChI=1S/C23H19Cl2F3N2O5/c24-17-3-2-15(35-20-4-1-14(11-18(20)25)23(26,27)28)12-21(17)34-8-5-19(31)16(13-29)22(32)30-6-9-33-10-7-30/h1-4,11-12,16H,5-10H2. The number of hydrogen-bond donors (Lipinski definition) is 0. The van der Waals surface area contributed by atoms with E-state index in [2.05, 4.69) is 0 Å². The van der Waals surface area contributed by atoms with Gasteiger partial charge in [-0.05, 0) is 30.3 Å². The summed E-state index contributed by atoms with van der Waals surface area (Å²) in [7, 11) is 0. The summed E-state index contributed by atoms with van der Waals surface area (Å²) in [4.78, 5) is 26.3. The van der Waals surface area contributed by atoms with E-state index < -0.39 is 29.3 Å². The molecule has 7 nitrogen and oxygen atoms in total. The Balaban J connectivity index is 1.61. The molecule has 1 fully saturated rings. The Morgan fingerprint density at radius 3 is 2.43 bits per heavy atom. The molecule has 0 aromatic heterocycles. The van der Waals surface area contributed by atoms with Crippen LogP contribution in [0.2, 0.25) is 10.0 Å². The molecule has 1 amide bonds. The zero-order valence-electron chi connectivity index (χ0n) is 18.1. The van der Waals surface area contributed by atoms with E-state index in [1.54, 1.807) is 6.07 Å². The predicted molar refractivity (Wildman–Crippen MR) is 120 cm³/mol. The average molecular weight is 531 g/mol. The third kappa shape index (κ3) is 7.01. The number of carbonyl (C=O) groups is 2. The van der Waals surface area contributed by atoms with Crippen LogP contribution in [-0.2, 0) is 20.5 Å². The van der Waals surface area contributed by atoms with Crippen LogP contribution in [0.5, 0.6) is 17.2 Å². The Bertz CT molecular complexity index is 1130. The fraction of sp³-hybridized carbons (Fsp3) is 0.348. The SMILES string of the molecule is N#CC(C(=O)CCOc1cc(Oc2ccc(C(F)(F)F)cc2Cl)ccc1Cl)C(=O)N1CCOCC1. The molecule has 186 valence electrons. The van der Waals surface area contributed by atoms with Crippen molar-refractivity contribution in [2.24, 2.45) is 5.92 Å². The maximum Gasteiger partial charge on any atom is 0.416 e. The smallest absolute Gasteiger partial charge is 0.416 e. The van der Waals surface area contributed by atoms with E-state index in [-0.39, 0.29) is 40.3 Å². The second-order valence-electron chi connectivity index (χ2n) is 7.40. The molecule has 0 radical (unpaired) electrons. The predicted octanol–water partition coefficient (Wildman–Crippen LogP) is 5.14. The number of hydrogen-bond acceptors (Lipinski definition) is 6. The topological polar surface area (TPSA) is 88.9 Å². The van der Waals surface area contributed by atoms with Gasteiger partial charge in [-0.3, -0.25) is 9.59 Å². The van der Waals surface area contributed by atoms with Gasteiger partial charge in [-0.15, -0.1) is 0 Å². The van der Waals surface area contributed by atoms with E-state index >= 15 is 0 Å². The van der Waals surface area contributed by atoms with Crippen molar-refractivity contribution in [2.45, 2.75) is 12.6 Å². The lowest BCUT2D eigenvalue weighted by Gasteiger charge is -2.28. The molecule has 1 saturated heterocycles. The first-order valence-electron chi connectivity index (χ1n) is 10.4. The lowest BCUT2D eigenvalue weighted by atomic mass is 10.0. The lowest BCUT2D eigenvalue weighted by molar-refractivity contribution is -0.142. The second kappa shape index (κ2) is 11.6. The number of benzene rings is 2. The number of ether oxygens (including phenoxy) is 3. The van der Waals surface area contributed by atoms with Gasteiger partial charge in [-0.25, -0.2) is 0 Å². The third-order valence-electron chi connectivity index (χ3n) is 5.02. The Morgan fingerprint density at radius 1 is 1.09 bits per heavy atom. The molecule has 1 heterocycles. The minimum atomic E-state index is -4.54. The number of halogens is 5. The highest BCUT2D eigenvalue weighted by Gasteiger charge is 2.32. The first kappa shape index (κ1) is 26.6. The van der Waals surface area contributed by atoms with Crippen molar-refractivity contribution < 1.29 is 37.0 Å². The quantitative estimate of drug-likeness (QED) is 0.439. The molecule has 2 aromatic rings. The summed E-state index contributed by atoms with van der Waals surface area (Å²) in [6, 6.07) is 8.70. The van der Waals surface area contributed by atoms with Gasteiger partial charge in [0, 0.05) is 25.6 Å². The molecular weight excluding hydrogens is 512 g/mol. The molecule has 0 saturated carbocycles. The molecule has 35 heavy (non-hydrogen) atoms. The minimum Gasteiger partial charge on any atom is -0.491 e. The van der Waals surface area contributed by atoms with Crippen LogP contribution in [0.4, 0.5) is 13.2 Å². The van der Waals surface area contributed by atoms with Gasteiger partial charge in [0.05, 0.1) is 41.5 Å². The number of nitriles is 1. The van der Waals surface area contributed by atoms with Crippen molar-refractivity contribution in [1.82, 2.24) is 4.90 Å². The number of carbonyl (C=O) groups excluding carboxylic acids is 2. The maximum absolute atomic E-state index is 12.8. The molecule has 0 spiro atoms. The van der Waals surface area contributed by atoms with Crippen LogP contribution >= 0.6 is 23.2 Å². The summed E-state index contributed by atoms with van der Waals surface area (Å²) in [6.45, 7) is 1.14. The summed E-state index contributed by atoms with van der Waals surface area (Å²) in [6.07, 6.45) is -4.77. The van der Waals surface area contributed by atoms with Crippen LogP contribution < -0.4 is 9.47 Å². The van der Waals surface area contributed by atoms with E-state index in [9.17, 15) is 28.0 Å². The van der Waals surface area contributed by atoms with Crippen LogP contribution in [-0.4, -0.2) is 49.5 Å². The zero-order valence-corrected chi connectivity index (χ0v) is 19.6. The minimum absolute atomic E-state index is 0.0124. The van der Waals surface area contributed by atoms with Gasteiger partial charge >= 0.3 is 6.18 Å². The van der Waals surface area contributed by atoms with E-state index in [0.29, 0.717) is 26.3 Å². The first-order chi connectivity index (χ1) is 16.6. The van der Waals surface area contributed by atoms with Gasteiger partial charge in [-0.2, -0.15) is 18.4 Å². The highest BCUT2D eigenvalue weighted by Crippen LogP contribution is 2.38. The molecular formula is C23H19Cl2F3N2O5. The van der Waals surface area contributed by atoms with Gasteiger partial charge in [0.15, 0.2) is 11.7 Å². The Morgan fingerprint density at radius 2 is 1.80 bits per heavy atom. The second-order valence-corrected chi connectivity index (χ2v) is 8.22. The molecule has 1 atom stereocenters. The van der Waals surface area contributed by atoms with Gasteiger partial charge in [0.1, 0.15) is 17.2 Å². The fourth-order valence-electron chi connectivity index (χ4n) is 3.18. The third-order valence-corrected chi connectivity index (χ3v) is 5.62. The molecule has 2 aromatic carbocycles. The summed E-state index contributed by atoms with van der Waals surface area (Å²) in [5.41, 5.74) is -0.914. The van der Waals surface area contributed by atoms with Crippen molar-refractivity contribution >= 4 is 34.9 Å². The summed E-state index contributed by atoms with van der Waals surface area (Å²) >= 11 is 12.0. The Hall–Kier alpha value is -3.00. The largest absolute Gasteiger partial charge is 0.491 e. The summed E-state index contributed by atoms with van der Waals surface area (Å²) in [5, 5.41) is 9.26. The van der Waals surface area contributed by atoms with E-state index in [4.69, 9.17) is 37.4 Å². The van der Waals surface area contributed by atoms with Crippen LogP contribution in [0.25, 0.3) is 0 Å².